The molecule has 0 aliphatic rings. The van der Waals surface area contributed by atoms with Gasteiger partial charge in [-0.25, -0.2) is 8.42 Å². The first kappa shape index (κ1) is 22.4. The number of sulfonamides is 1. The normalized spacial score (nSPS) is 11.8. The highest BCUT2D eigenvalue weighted by molar-refractivity contribution is 7.89. The smallest absolute Gasteiger partial charge is 0.244 e. The molecule has 0 saturated heterocycles. The zero-order valence-electron chi connectivity index (χ0n) is 16.4. The number of nitrogens with one attached hydrogen (secondary N) is 1. The number of carbonyl (C=O) groups is 1. The number of hydrogen-bond acceptors (Lipinski definition) is 4. The second kappa shape index (κ2) is 10.0. The number of nitrogens with zero attached hydrogens (tertiary/aromatic N) is 2. The molecular formula is C20H26ClN3O3S. The number of hydrogen-bond donors (Lipinski definition) is 1. The Morgan fingerprint density at radius 3 is 2.32 bits per heavy atom. The Bertz CT molecular complexity index is 900. The van der Waals surface area contributed by atoms with Crippen LogP contribution in [-0.4, -0.2) is 50.2 Å². The van der Waals surface area contributed by atoms with E-state index in [-0.39, 0.29) is 22.4 Å². The van der Waals surface area contributed by atoms with E-state index in [0.717, 1.165) is 5.56 Å². The Hall–Kier alpha value is -1.93. The molecule has 0 unspecified atom stereocenters. The minimum atomic E-state index is -3.71. The summed E-state index contributed by atoms with van der Waals surface area (Å²) in [6, 6.07) is 14.3. The van der Waals surface area contributed by atoms with Crippen molar-refractivity contribution in [1.82, 2.24) is 9.21 Å². The minimum Gasteiger partial charge on any atom is -0.325 e. The lowest BCUT2D eigenvalue weighted by atomic mass is 10.2. The zero-order chi connectivity index (χ0) is 20.7. The van der Waals surface area contributed by atoms with Crippen molar-refractivity contribution in [2.75, 3.05) is 32.0 Å². The van der Waals surface area contributed by atoms with Crippen LogP contribution in [0.1, 0.15) is 19.4 Å². The topological polar surface area (TPSA) is 69.7 Å². The molecule has 0 spiro atoms. The van der Waals surface area contributed by atoms with Gasteiger partial charge in [-0.05, 0) is 30.8 Å². The molecule has 0 atom stereocenters. The third kappa shape index (κ3) is 5.78. The highest BCUT2D eigenvalue weighted by atomic mass is 35.5. The van der Waals surface area contributed by atoms with Crippen LogP contribution in [-0.2, 0) is 21.4 Å². The summed E-state index contributed by atoms with van der Waals surface area (Å²) in [5, 5.41) is 2.88. The van der Waals surface area contributed by atoms with Gasteiger partial charge in [0.1, 0.15) is 4.90 Å². The van der Waals surface area contributed by atoms with Gasteiger partial charge in [0.15, 0.2) is 0 Å². The van der Waals surface area contributed by atoms with E-state index in [2.05, 4.69) is 5.32 Å². The average molecular weight is 424 g/mol. The summed E-state index contributed by atoms with van der Waals surface area (Å²) >= 11 is 6.12. The van der Waals surface area contributed by atoms with Gasteiger partial charge in [-0.3, -0.25) is 9.69 Å². The largest absolute Gasteiger partial charge is 0.325 e. The Kier molecular flexibility index (Phi) is 8.00. The molecule has 152 valence electrons. The molecule has 28 heavy (non-hydrogen) atoms. The standard InChI is InChI=1S/C20H26ClN3O3S/c1-4-24(5-2)28(26,27)19-13-17(11-12-18(19)21)22-20(25)15-23(3)14-16-9-7-6-8-10-16/h6-13H,4-5,14-15H2,1-3H3,(H,22,25). The van der Waals surface area contributed by atoms with Crippen molar-refractivity contribution in [3.63, 3.8) is 0 Å². The van der Waals surface area contributed by atoms with Crippen LogP contribution in [0, 0.1) is 0 Å². The van der Waals surface area contributed by atoms with Gasteiger partial charge in [-0.2, -0.15) is 4.31 Å². The number of anilines is 1. The summed E-state index contributed by atoms with van der Waals surface area (Å²) < 4.78 is 26.8. The van der Waals surface area contributed by atoms with E-state index >= 15 is 0 Å². The van der Waals surface area contributed by atoms with Gasteiger partial charge in [-0.15, -0.1) is 0 Å². The molecule has 0 heterocycles. The fraction of sp³-hybridized carbons (Fsp3) is 0.350. The first-order valence-corrected chi connectivity index (χ1v) is 10.9. The molecule has 6 nitrogen and oxygen atoms in total. The van der Waals surface area contributed by atoms with Crippen molar-refractivity contribution in [1.29, 1.82) is 0 Å². The van der Waals surface area contributed by atoms with Crippen LogP contribution in [0.4, 0.5) is 5.69 Å². The van der Waals surface area contributed by atoms with Crippen molar-refractivity contribution in [2.45, 2.75) is 25.3 Å². The maximum absolute atomic E-state index is 12.8. The predicted molar refractivity (Wildman–Crippen MR) is 113 cm³/mol. The second-order valence-electron chi connectivity index (χ2n) is 6.44. The van der Waals surface area contributed by atoms with E-state index in [1.807, 2.05) is 42.3 Å². The molecule has 0 aliphatic carbocycles. The molecule has 1 N–H and O–H groups in total. The Morgan fingerprint density at radius 2 is 1.71 bits per heavy atom. The van der Waals surface area contributed by atoms with Gasteiger partial charge >= 0.3 is 0 Å². The maximum Gasteiger partial charge on any atom is 0.244 e. The molecule has 0 fully saturated rings. The Morgan fingerprint density at radius 1 is 1.07 bits per heavy atom. The summed E-state index contributed by atoms with van der Waals surface area (Å²) in [6.07, 6.45) is 0. The number of benzene rings is 2. The Labute approximate surface area is 172 Å². The van der Waals surface area contributed by atoms with Gasteiger partial charge in [0.2, 0.25) is 15.9 Å². The maximum atomic E-state index is 12.8. The highest BCUT2D eigenvalue weighted by Gasteiger charge is 2.25. The number of likely N-dealkylation sites (N-methyl/N-ethyl adjacent to an activating group) is 1. The van der Waals surface area contributed by atoms with Crippen molar-refractivity contribution in [3.05, 3.63) is 59.1 Å². The third-order valence-electron chi connectivity index (χ3n) is 4.25. The number of amides is 1. The highest BCUT2D eigenvalue weighted by Crippen LogP contribution is 2.27. The monoisotopic (exact) mass is 423 g/mol. The summed E-state index contributed by atoms with van der Waals surface area (Å²) in [4.78, 5) is 14.2. The zero-order valence-corrected chi connectivity index (χ0v) is 17.9. The van der Waals surface area contributed by atoms with Crippen molar-refractivity contribution in [3.8, 4) is 0 Å². The molecule has 2 aromatic rings. The van der Waals surface area contributed by atoms with Gasteiger partial charge in [0.05, 0.1) is 11.6 Å². The molecule has 8 heteroatoms. The van der Waals surface area contributed by atoms with Crippen LogP contribution in [0.15, 0.2) is 53.4 Å². The third-order valence-corrected chi connectivity index (χ3v) is 6.78. The summed E-state index contributed by atoms with van der Waals surface area (Å²) in [7, 11) is -1.86. The van der Waals surface area contributed by atoms with Crippen LogP contribution >= 0.6 is 11.6 Å². The molecule has 0 aliphatic heterocycles. The molecule has 0 saturated carbocycles. The van der Waals surface area contributed by atoms with E-state index in [0.29, 0.717) is 25.3 Å². The van der Waals surface area contributed by atoms with Gasteiger partial charge < -0.3 is 5.32 Å². The lowest BCUT2D eigenvalue weighted by Gasteiger charge is -2.20. The lowest BCUT2D eigenvalue weighted by molar-refractivity contribution is -0.117. The number of carbonyl (C=O) groups excluding carboxylic acids is 1. The van der Waals surface area contributed by atoms with Crippen LogP contribution in [0.5, 0.6) is 0 Å². The van der Waals surface area contributed by atoms with Crippen molar-refractivity contribution in [2.24, 2.45) is 0 Å². The van der Waals surface area contributed by atoms with Gasteiger partial charge in [0, 0.05) is 25.3 Å². The Balaban J connectivity index is 2.09. The quantitative estimate of drug-likeness (QED) is 0.670. The van der Waals surface area contributed by atoms with Gasteiger partial charge in [0.25, 0.3) is 0 Å². The summed E-state index contributed by atoms with van der Waals surface area (Å²) in [6.45, 7) is 5.03. The molecule has 0 aromatic heterocycles. The first-order chi connectivity index (χ1) is 13.3. The van der Waals surface area contributed by atoms with E-state index in [4.69, 9.17) is 11.6 Å². The van der Waals surface area contributed by atoms with Crippen molar-refractivity contribution < 1.29 is 13.2 Å². The lowest BCUT2D eigenvalue weighted by Crippen LogP contribution is -2.31. The molecule has 2 rings (SSSR count). The molecule has 1 amide bonds. The van der Waals surface area contributed by atoms with E-state index in [9.17, 15) is 13.2 Å². The average Bonchev–Trinajstić information content (AvgIpc) is 2.64. The second-order valence-corrected chi connectivity index (χ2v) is 8.75. The van der Waals surface area contributed by atoms with Crippen LogP contribution in [0.3, 0.4) is 0 Å². The molecule has 0 radical (unpaired) electrons. The summed E-state index contributed by atoms with van der Waals surface area (Å²) in [5.74, 6) is -0.230. The van der Waals surface area contributed by atoms with E-state index < -0.39 is 10.0 Å². The SMILES string of the molecule is CCN(CC)S(=O)(=O)c1cc(NC(=O)CN(C)Cc2ccccc2)ccc1Cl. The van der Waals surface area contributed by atoms with E-state index in [1.165, 1.54) is 16.4 Å². The fourth-order valence-corrected chi connectivity index (χ4v) is 4.84. The molecule has 2 aromatic carbocycles. The van der Waals surface area contributed by atoms with E-state index in [1.54, 1.807) is 19.9 Å². The first-order valence-electron chi connectivity index (χ1n) is 9.10. The molecular weight excluding hydrogens is 398 g/mol. The van der Waals surface area contributed by atoms with Crippen LogP contribution in [0.25, 0.3) is 0 Å². The predicted octanol–water partition coefficient (Wildman–Crippen LogP) is 3.44. The van der Waals surface area contributed by atoms with Gasteiger partial charge in [-0.1, -0.05) is 55.8 Å². The van der Waals surface area contributed by atoms with Crippen LogP contribution < -0.4 is 5.32 Å². The summed E-state index contributed by atoms with van der Waals surface area (Å²) in [5.41, 5.74) is 1.50. The van der Waals surface area contributed by atoms with Crippen LogP contribution in [0.2, 0.25) is 5.02 Å². The molecule has 0 bridgehead atoms. The minimum absolute atomic E-state index is 0.00620. The fourth-order valence-electron chi connectivity index (χ4n) is 2.88. The number of rotatable bonds is 9. The number of halogens is 1. The van der Waals surface area contributed by atoms with Crippen molar-refractivity contribution >= 4 is 33.2 Å².